The van der Waals surface area contributed by atoms with Gasteiger partial charge >= 0.3 is 7.60 Å². The fourth-order valence-electron chi connectivity index (χ4n) is 3.29. The molecule has 1 aliphatic heterocycles. The molecule has 1 amide bonds. The first-order valence-corrected chi connectivity index (χ1v) is 11.5. The van der Waals surface area contributed by atoms with E-state index in [9.17, 15) is 9.36 Å². The van der Waals surface area contributed by atoms with Gasteiger partial charge in [-0.3, -0.25) is 14.2 Å². The molecule has 1 saturated heterocycles. The molecule has 3 atom stereocenters. The smallest absolute Gasteiger partial charge is 0.350 e. The third kappa shape index (κ3) is 6.26. The van der Waals surface area contributed by atoms with Crippen LogP contribution in [0.1, 0.15) is 62.3 Å². The van der Waals surface area contributed by atoms with Gasteiger partial charge in [0, 0.05) is 23.9 Å². The molecule has 3 unspecified atom stereocenters. The first-order chi connectivity index (χ1) is 12.3. The summed E-state index contributed by atoms with van der Waals surface area (Å²) >= 11 is 0. The highest BCUT2D eigenvalue weighted by Crippen LogP contribution is 2.60. The summed E-state index contributed by atoms with van der Waals surface area (Å²) < 4.78 is 25.1. The maximum Gasteiger partial charge on any atom is 0.350 e. The second kappa shape index (κ2) is 9.36. The summed E-state index contributed by atoms with van der Waals surface area (Å²) in [5.74, 6) is -0.579. The zero-order valence-corrected chi connectivity index (χ0v) is 19.4. The molecular formula is C19H39N2O5P. The molecule has 0 aromatic heterocycles. The van der Waals surface area contributed by atoms with Crippen molar-refractivity contribution in [3.05, 3.63) is 0 Å². The van der Waals surface area contributed by atoms with E-state index in [2.05, 4.69) is 5.32 Å². The molecule has 1 rings (SSSR count). The standard InChI is InChI=1S/C19H39N2O5P/c1-10-25-27(23,26-11-2)17(18(4,5)6)21(19(7,8)9)24-13-15-12-20-16(22)14(15)3/h14-15,17H,10-13H2,1-9H3,(H,20,22). The molecule has 1 aliphatic rings. The molecule has 8 heteroatoms. The van der Waals surface area contributed by atoms with Crippen molar-refractivity contribution < 1.29 is 23.2 Å². The molecule has 0 aromatic carbocycles. The summed E-state index contributed by atoms with van der Waals surface area (Å²) in [5.41, 5.74) is -0.871. The van der Waals surface area contributed by atoms with E-state index in [-0.39, 0.29) is 17.7 Å². The molecule has 160 valence electrons. The minimum Gasteiger partial charge on any atom is -0.355 e. The topological polar surface area (TPSA) is 77.1 Å². The number of nitrogens with one attached hydrogen (secondary N) is 1. The average Bonchev–Trinajstić information content (AvgIpc) is 2.81. The first-order valence-electron chi connectivity index (χ1n) is 9.86. The zero-order valence-electron chi connectivity index (χ0n) is 18.5. The highest BCUT2D eigenvalue weighted by atomic mass is 31.2. The van der Waals surface area contributed by atoms with Crippen molar-refractivity contribution in [1.82, 2.24) is 10.4 Å². The van der Waals surface area contributed by atoms with E-state index < -0.39 is 24.3 Å². The fraction of sp³-hybridized carbons (Fsp3) is 0.947. The van der Waals surface area contributed by atoms with E-state index in [1.165, 1.54) is 0 Å². The van der Waals surface area contributed by atoms with Gasteiger partial charge in [-0.15, -0.1) is 0 Å². The van der Waals surface area contributed by atoms with E-state index in [0.717, 1.165) is 0 Å². The van der Waals surface area contributed by atoms with Crippen LogP contribution in [0.2, 0.25) is 0 Å². The highest BCUT2D eigenvalue weighted by molar-refractivity contribution is 7.54. The van der Waals surface area contributed by atoms with Crippen LogP contribution in [0, 0.1) is 17.3 Å². The van der Waals surface area contributed by atoms with E-state index in [1.54, 1.807) is 5.06 Å². The third-order valence-corrected chi connectivity index (χ3v) is 7.48. The van der Waals surface area contributed by atoms with Crippen molar-refractivity contribution in [2.24, 2.45) is 17.3 Å². The number of nitrogens with zero attached hydrogens (tertiary/aromatic N) is 1. The maximum atomic E-state index is 13.7. The number of amides is 1. The van der Waals surface area contributed by atoms with Crippen LogP contribution in [0.25, 0.3) is 0 Å². The van der Waals surface area contributed by atoms with Crippen molar-refractivity contribution in [1.29, 1.82) is 0 Å². The van der Waals surface area contributed by atoms with E-state index in [4.69, 9.17) is 13.9 Å². The molecule has 0 spiro atoms. The fourth-order valence-corrected chi connectivity index (χ4v) is 5.98. The molecular weight excluding hydrogens is 367 g/mol. The van der Waals surface area contributed by atoms with Gasteiger partial charge in [-0.25, -0.2) is 0 Å². The molecule has 27 heavy (non-hydrogen) atoms. The average molecular weight is 407 g/mol. The Hall–Kier alpha value is -0.460. The van der Waals surface area contributed by atoms with Gasteiger partial charge in [-0.2, -0.15) is 5.06 Å². The lowest BCUT2D eigenvalue weighted by molar-refractivity contribution is -0.245. The Labute approximate surface area is 165 Å². The van der Waals surface area contributed by atoms with Crippen LogP contribution in [0.3, 0.4) is 0 Å². The Balaban J connectivity index is 3.21. The minimum absolute atomic E-state index is 0.0487. The summed E-state index contributed by atoms with van der Waals surface area (Å²) in [6.07, 6.45) is 0. The van der Waals surface area contributed by atoms with Crippen molar-refractivity contribution in [3.63, 3.8) is 0 Å². The Morgan fingerprint density at radius 2 is 1.67 bits per heavy atom. The Bertz CT molecular complexity index is 531. The first kappa shape index (κ1) is 24.6. The highest BCUT2D eigenvalue weighted by Gasteiger charge is 2.51. The van der Waals surface area contributed by atoms with Gasteiger partial charge in [0.05, 0.1) is 19.8 Å². The molecule has 0 saturated carbocycles. The Morgan fingerprint density at radius 1 is 1.15 bits per heavy atom. The summed E-state index contributed by atoms with van der Waals surface area (Å²) in [7, 11) is -3.47. The van der Waals surface area contributed by atoms with E-state index >= 15 is 0 Å². The van der Waals surface area contributed by atoms with Crippen molar-refractivity contribution in [3.8, 4) is 0 Å². The number of rotatable bonds is 9. The largest absolute Gasteiger partial charge is 0.355 e. The van der Waals surface area contributed by atoms with Crippen molar-refractivity contribution in [2.75, 3.05) is 26.4 Å². The summed E-state index contributed by atoms with van der Waals surface area (Å²) in [5, 5.41) is 4.64. The molecule has 0 aromatic rings. The van der Waals surface area contributed by atoms with Gasteiger partial charge in [-0.05, 0) is 40.0 Å². The number of hydroxylamine groups is 2. The van der Waals surface area contributed by atoms with Crippen LogP contribution < -0.4 is 5.32 Å². The SMILES string of the molecule is CCOP(=O)(OCC)C(N(OCC1CNC(=O)C1C)C(C)(C)C)C(C)(C)C. The monoisotopic (exact) mass is 406 g/mol. The number of hydrogen-bond acceptors (Lipinski definition) is 6. The van der Waals surface area contributed by atoms with Crippen LogP contribution in [-0.4, -0.2) is 48.7 Å². The van der Waals surface area contributed by atoms with Gasteiger partial charge < -0.3 is 14.4 Å². The second-order valence-corrected chi connectivity index (χ2v) is 11.3. The Kier molecular flexibility index (Phi) is 8.52. The molecule has 0 aliphatic carbocycles. The quantitative estimate of drug-likeness (QED) is 0.460. The van der Waals surface area contributed by atoms with Crippen LogP contribution >= 0.6 is 7.60 Å². The van der Waals surface area contributed by atoms with Gasteiger partial charge in [0.1, 0.15) is 5.78 Å². The lowest BCUT2D eigenvalue weighted by atomic mass is 9.94. The minimum atomic E-state index is -3.47. The number of carbonyl (C=O) groups is 1. The molecule has 0 bridgehead atoms. The third-order valence-electron chi connectivity index (χ3n) is 4.66. The second-order valence-electron chi connectivity index (χ2n) is 9.20. The lowest BCUT2D eigenvalue weighted by Gasteiger charge is -2.47. The van der Waals surface area contributed by atoms with E-state index in [0.29, 0.717) is 26.4 Å². The van der Waals surface area contributed by atoms with Gasteiger partial charge in [-0.1, -0.05) is 27.7 Å². The number of hydrogen-bond donors (Lipinski definition) is 1. The summed E-state index contributed by atoms with van der Waals surface area (Å²) in [6, 6.07) is 0. The van der Waals surface area contributed by atoms with Gasteiger partial charge in [0.25, 0.3) is 0 Å². The Morgan fingerprint density at radius 3 is 2.00 bits per heavy atom. The molecule has 7 nitrogen and oxygen atoms in total. The maximum absolute atomic E-state index is 13.7. The zero-order chi connectivity index (χ0) is 21.0. The summed E-state index contributed by atoms with van der Waals surface area (Å²) in [4.78, 5) is 18.0. The van der Waals surface area contributed by atoms with Crippen LogP contribution in [0.5, 0.6) is 0 Å². The predicted molar refractivity (Wildman–Crippen MR) is 107 cm³/mol. The molecule has 1 heterocycles. The van der Waals surface area contributed by atoms with Crippen molar-refractivity contribution >= 4 is 13.5 Å². The molecule has 1 fully saturated rings. The molecule has 1 N–H and O–H groups in total. The summed E-state index contributed by atoms with van der Waals surface area (Å²) in [6.45, 7) is 19.1. The normalized spacial score (nSPS) is 23.0. The molecule has 0 radical (unpaired) electrons. The lowest BCUT2D eigenvalue weighted by Crippen LogP contribution is -2.54. The number of carbonyl (C=O) groups excluding carboxylic acids is 1. The predicted octanol–water partition coefficient (Wildman–Crippen LogP) is 4.04. The van der Waals surface area contributed by atoms with E-state index in [1.807, 2.05) is 62.3 Å². The van der Waals surface area contributed by atoms with Gasteiger partial charge in [0.2, 0.25) is 5.91 Å². The van der Waals surface area contributed by atoms with Crippen LogP contribution in [0.15, 0.2) is 0 Å². The van der Waals surface area contributed by atoms with Crippen molar-refractivity contribution in [2.45, 2.75) is 73.6 Å². The van der Waals surface area contributed by atoms with Gasteiger partial charge in [0.15, 0.2) is 0 Å². The van der Waals surface area contributed by atoms with Crippen LogP contribution in [-0.2, 0) is 23.2 Å². The van der Waals surface area contributed by atoms with Crippen LogP contribution in [0.4, 0.5) is 0 Å².